The number of thiocarbonyl (C=S) groups is 1. The molecule has 0 aromatic heterocycles. The topological polar surface area (TPSA) is 42.0 Å². The molecule has 0 unspecified atom stereocenters. The minimum atomic E-state index is -0.344. The largest absolute Gasteiger partial charge is 0.476 e. The highest BCUT2D eigenvalue weighted by Crippen LogP contribution is 2.30. The normalized spacial score (nSPS) is 18.5. The quantitative estimate of drug-likeness (QED) is 0.423. The lowest BCUT2D eigenvalue weighted by molar-refractivity contribution is -0.123. The molecule has 5 nitrogen and oxygen atoms in total. The van der Waals surface area contributed by atoms with E-state index in [0.29, 0.717) is 0 Å². The predicted octanol–water partition coefficient (Wildman–Crippen LogP) is 3.67. The summed E-state index contributed by atoms with van der Waals surface area (Å²) in [6, 6.07) is 7.98. The molecule has 25 heavy (non-hydrogen) atoms. The van der Waals surface area contributed by atoms with Crippen molar-refractivity contribution in [3.05, 3.63) is 48.1 Å². The van der Waals surface area contributed by atoms with Crippen molar-refractivity contribution in [3.63, 3.8) is 0 Å². The molecule has 132 valence electrons. The average Bonchev–Trinajstić information content (AvgIpc) is 3.35. The Kier molecular flexibility index (Phi) is 5.08. The van der Waals surface area contributed by atoms with Gasteiger partial charge in [0.05, 0.1) is 0 Å². The third kappa shape index (κ3) is 3.85. The number of carbonyl (C=O) groups excluding carboxylic acids is 1. The van der Waals surface area contributed by atoms with Crippen LogP contribution in [0, 0.1) is 0 Å². The van der Waals surface area contributed by atoms with E-state index in [4.69, 9.17) is 21.7 Å². The van der Waals surface area contributed by atoms with Crippen LogP contribution >= 0.6 is 12.2 Å². The van der Waals surface area contributed by atoms with Crippen molar-refractivity contribution in [2.45, 2.75) is 32.8 Å². The zero-order valence-corrected chi connectivity index (χ0v) is 15.3. The van der Waals surface area contributed by atoms with E-state index in [1.54, 1.807) is 6.08 Å². The van der Waals surface area contributed by atoms with E-state index < -0.39 is 0 Å². The Morgan fingerprint density at radius 3 is 2.56 bits per heavy atom. The molecule has 2 fully saturated rings. The van der Waals surface area contributed by atoms with Gasteiger partial charge in [0.2, 0.25) is 0 Å². The SMILES string of the molecule is C=C(OC1CC1)N1C(=O)/C(=C\c2ccc(N(CC)CC)cc2)OC1=S. The predicted molar refractivity (Wildman–Crippen MR) is 102 cm³/mol. The Hall–Kier alpha value is -2.34. The molecule has 0 N–H and O–H groups in total. The lowest BCUT2D eigenvalue weighted by Gasteiger charge is -2.20. The molecule has 0 bridgehead atoms. The van der Waals surface area contributed by atoms with Crippen molar-refractivity contribution in [2.75, 3.05) is 18.0 Å². The van der Waals surface area contributed by atoms with Crippen LogP contribution in [0.2, 0.25) is 0 Å². The minimum Gasteiger partial charge on any atom is -0.476 e. The maximum atomic E-state index is 12.5. The number of ether oxygens (including phenoxy) is 2. The molecule has 1 aromatic carbocycles. The van der Waals surface area contributed by atoms with Crippen molar-refractivity contribution in [1.29, 1.82) is 0 Å². The molecule has 1 saturated carbocycles. The molecule has 1 aliphatic heterocycles. The van der Waals surface area contributed by atoms with E-state index in [1.807, 2.05) is 24.3 Å². The summed E-state index contributed by atoms with van der Waals surface area (Å²) in [6.45, 7) is 9.93. The fourth-order valence-electron chi connectivity index (χ4n) is 2.64. The highest BCUT2D eigenvalue weighted by molar-refractivity contribution is 7.80. The Morgan fingerprint density at radius 2 is 2.00 bits per heavy atom. The number of nitrogens with zero attached hydrogens (tertiary/aromatic N) is 2. The second-order valence-corrected chi connectivity index (χ2v) is 6.34. The van der Waals surface area contributed by atoms with Crippen LogP contribution in [0.4, 0.5) is 5.69 Å². The van der Waals surface area contributed by atoms with Crippen LogP contribution < -0.4 is 4.90 Å². The average molecular weight is 358 g/mol. The van der Waals surface area contributed by atoms with Gasteiger partial charge in [0.25, 0.3) is 5.17 Å². The van der Waals surface area contributed by atoms with Crippen molar-refractivity contribution < 1.29 is 14.3 Å². The maximum Gasteiger partial charge on any atom is 0.304 e. The van der Waals surface area contributed by atoms with Crippen LogP contribution in [0.3, 0.4) is 0 Å². The van der Waals surface area contributed by atoms with Crippen LogP contribution in [0.25, 0.3) is 6.08 Å². The highest BCUT2D eigenvalue weighted by atomic mass is 32.1. The molecule has 1 aromatic rings. The molecule has 0 atom stereocenters. The first-order valence-corrected chi connectivity index (χ1v) is 8.92. The molecule has 1 amide bonds. The van der Waals surface area contributed by atoms with Crippen LogP contribution in [-0.2, 0) is 14.3 Å². The first kappa shape index (κ1) is 17.5. The van der Waals surface area contributed by atoms with Gasteiger partial charge in [0, 0.05) is 18.8 Å². The van der Waals surface area contributed by atoms with E-state index in [9.17, 15) is 4.79 Å². The molecule has 1 saturated heterocycles. The van der Waals surface area contributed by atoms with Gasteiger partial charge in [-0.15, -0.1) is 0 Å². The molecule has 2 aliphatic rings. The molecule has 1 aliphatic carbocycles. The molecule has 6 heteroatoms. The summed E-state index contributed by atoms with van der Waals surface area (Å²) >= 11 is 5.14. The van der Waals surface area contributed by atoms with Gasteiger partial charge in [-0.3, -0.25) is 4.79 Å². The first-order chi connectivity index (χ1) is 12.0. The zero-order chi connectivity index (χ0) is 18.0. The standard InChI is InChI=1S/C19H22N2O3S/c1-4-20(5-2)15-8-6-14(7-9-15)12-17-18(22)21(19(25)24-17)13(3)23-16-10-11-16/h6-9,12,16H,3-5,10-11H2,1-2H3/b17-12+. The van der Waals surface area contributed by atoms with Crippen LogP contribution in [0.1, 0.15) is 32.3 Å². The van der Waals surface area contributed by atoms with Gasteiger partial charge < -0.3 is 14.4 Å². The lowest BCUT2D eigenvalue weighted by Crippen LogP contribution is -2.29. The summed E-state index contributed by atoms with van der Waals surface area (Å²) in [5.41, 5.74) is 2.02. The number of rotatable bonds is 7. The van der Waals surface area contributed by atoms with Gasteiger partial charge in [-0.05, 0) is 69.3 Å². The Labute approximate surface area is 153 Å². The highest BCUT2D eigenvalue weighted by Gasteiger charge is 2.38. The molecule has 0 spiro atoms. The third-order valence-electron chi connectivity index (χ3n) is 4.19. The maximum absolute atomic E-state index is 12.5. The van der Waals surface area contributed by atoms with E-state index in [2.05, 4.69) is 25.3 Å². The fourth-order valence-corrected chi connectivity index (χ4v) is 2.91. The molecular weight excluding hydrogens is 336 g/mol. The van der Waals surface area contributed by atoms with E-state index >= 15 is 0 Å². The molecular formula is C19H22N2O3S. The van der Waals surface area contributed by atoms with Crippen molar-refractivity contribution in [1.82, 2.24) is 4.90 Å². The summed E-state index contributed by atoms with van der Waals surface area (Å²) in [5.74, 6) is 0.0717. The second kappa shape index (κ2) is 7.27. The zero-order valence-electron chi connectivity index (χ0n) is 14.5. The van der Waals surface area contributed by atoms with E-state index in [-0.39, 0.29) is 28.8 Å². The van der Waals surface area contributed by atoms with Gasteiger partial charge >= 0.3 is 5.91 Å². The van der Waals surface area contributed by atoms with Crippen molar-refractivity contribution >= 4 is 35.1 Å². The smallest absolute Gasteiger partial charge is 0.304 e. The van der Waals surface area contributed by atoms with E-state index in [0.717, 1.165) is 37.2 Å². The summed E-state index contributed by atoms with van der Waals surface area (Å²) < 4.78 is 11.0. The van der Waals surface area contributed by atoms with Gasteiger partial charge in [-0.1, -0.05) is 12.1 Å². The summed E-state index contributed by atoms with van der Waals surface area (Å²) in [5, 5.41) is 0.0571. The monoisotopic (exact) mass is 358 g/mol. The Balaban J connectivity index is 1.73. The number of hydrogen-bond acceptors (Lipinski definition) is 5. The fraction of sp³-hybridized carbons (Fsp3) is 0.368. The second-order valence-electron chi connectivity index (χ2n) is 5.99. The number of amides is 1. The summed E-state index contributed by atoms with van der Waals surface area (Å²) in [4.78, 5) is 16.0. The van der Waals surface area contributed by atoms with Crippen LogP contribution in [0.15, 0.2) is 42.5 Å². The summed E-state index contributed by atoms with van der Waals surface area (Å²) in [6.07, 6.45) is 3.79. The van der Waals surface area contributed by atoms with Gasteiger partial charge in [-0.2, -0.15) is 0 Å². The number of benzene rings is 1. The van der Waals surface area contributed by atoms with Crippen LogP contribution in [0.5, 0.6) is 0 Å². The number of anilines is 1. The van der Waals surface area contributed by atoms with Gasteiger partial charge in [0.15, 0.2) is 11.6 Å². The number of carbonyl (C=O) groups is 1. The Morgan fingerprint density at radius 1 is 1.36 bits per heavy atom. The Bertz CT molecular complexity index is 719. The summed E-state index contributed by atoms with van der Waals surface area (Å²) in [7, 11) is 0. The van der Waals surface area contributed by atoms with Gasteiger partial charge in [0.1, 0.15) is 6.10 Å². The van der Waals surface area contributed by atoms with Crippen molar-refractivity contribution in [3.8, 4) is 0 Å². The molecule has 1 heterocycles. The minimum absolute atomic E-state index is 0.0571. The van der Waals surface area contributed by atoms with E-state index in [1.165, 1.54) is 4.90 Å². The first-order valence-electron chi connectivity index (χ1n) is 8.52. The van der Waals surface area contributed by atoms with Crippen molar-refractivity contribution in [2.24, 2.45) is 0 Å². The van der Waals surface area contributed by atoms with Crippen LogP contribution in [-0.4, -0.2) is 35.2 Å². The lowest BCUT2D eigenvalue weighted by atomic mass is 10.1. The molecule has 3 rings (SSSR count). The number of hydrogen-bond donors (Lipinski definition) is 0. The molecule has 0 radical (unpaired) electrons. The van der Waals surface area contributed by atoms with Gasteiger partial charge in [-0.25, -0.2) is 4.90 Å². The third-order valence-corrected chi connectivity index (χ3v) is 4.46.